The lowest BCUT2D eigenvalue weighted by Crippen LogP contribution is -2.15. The maximum atomic E-state index is 12.5. The van der Waals surface area contributed by atoms with Crippen molar-refractivity contribution >= 4 is 33.9 Å². The average Bonchev–Trinajstić information content (AvgIpc) is 2.66. The van der Waals surface area contributed by atoms with Gasteiger partial charge in [0.2, 0.25) is 0 Å². The molecule has 0 saturated carbocycles. The summed E-state index contributed by atoms with van der Waals surface area (Å²) in [4.78, 5) is 15.1. The van der Waals surface area contributed by atoms with Crippen molar-refractivity contribution in [1.29, 1.82) is 0 Å². The molecular formula is C18H17BrF3N3O4. The van der Waals surface area contributed by atoms with Crippen molar-refractivity contribution in [3.05, 3.63) is 46.1 Å². The Hall–Kier alpha value is -2.82. The lowest BCUT2D eigenvalue weighted by Gasteiger charge is -2.13. The number of carbonyl (C=O) groups is 1. The Labute approximate surface area is 173 Å². The van der Waals surface area contributed by atoms with Crippen LogP contribution in [0.4, 0.5) is 19.0 Å². The highest BCUT2D eigenvalue weighted by molar-refractivity contribution is 9.10. The zero-order chi connectivity index (χ0) is 21.4. The fourth-order valence-electron chi connectivity index (χ4n) is 2.09. The van der Waals surface area contributed by atoms with Gasteiger partial charge in [0.25, 0.3) is 0 Å². The van der Waals surface area contributed by atoms with Crippen LogP contribution in [0.15, 0.2) is 40.0 Å². The highest BCUT2D eigenvalue weighted by Crippen LogP contribution is 2.36. The van der Waals surface area contributed by atoms with E-state index >= 15 is 0 Å². The molecule has 0 bridgehead atoms. The van der Waals surface area contributed by atoms with Gasteiger partial charge in [-0.3, -0.25) is 5.43 Å². The fraction of sp³-hybridized carbons (Fsp3) is 0.278. The molecule has 0 aliphatic rings. The molecule has 11 heteroatoms. The molecule has 0 amide bonds. The summed E-state index contributed by atoms with van der Waals surface area (Å²) in [6.45, 7) is 1.66. The van der Waals surface area contributed by atoms with Crippen LogP contribution in [0.1, 0.15) is 18.1 Å². The number of halogens is 4. The topological polar surface area (TPSA) is 82.0 Å². The Bertz CT molecular complexity index is 874. The SMILES string of the molecule is CCOC(=O)COc1c(Br)cc(/C=N\Nc2ccc(C(F)(F)F)cn2)cc1OC. The first-order valence-electron chi connectivity index (χ1n) is 8.23. The van der Waals surface area contributed by atoms with Crippen LogP contribution in [0.3, 0.4) is 0 Å². The largest absolute Gasteiger partial charge is 0.493 e. The van der Waals surface area contributed by atoms with E-state index in [1.807, 2.05) is 0 Å². The van der Waals surface area contributed by atoms with Crippen molar-refractivity contribution in [3.63, 3.8) is 0 Å². The predicted molar refractivity (Wildman–Crippen MR) is 103 cm³/mol. The van der Waals surface area contributed by atoms with Crippen LogP contribution in [0.2, 0.25) is 0 Å². The van der Waals surface area contributed by atoms with E-state index in [9.17, 15) is 18.0 Å². The van der Waals surface area contributed by atoms with Gasteiger partial charge in [-0.25, -0.2) is 9.78 Å². The molecule has 0 saturated heterocycles. The van der Waals surface area contributed by atoms with E-state index in [1.54, 1.807) is 19.1 Å². The van der Waals surface area contributed by atoms with Gasteiger partial charge in [0.15, 0.2) is 18.1 Å². The molecule has 7 nitrogen and oxygen atoms in total. The van der Waals surface area contributed by atoms with Gasteiger partial charge in [0.05, 0.1) is 30.0 Å². The van der Waals surface area contributed by atoms with Gasteiger partial charge < -0.3 is 14.2 Å². The molecule has 0 aliphatic heterocycles. The molecule has 0 aliphatic carbocycles. The van der Waals surface area contributed by atoms with E-state index in [1.165, 1.54) is 19.4 Å². The van der Waals surface area contributed by atoms with Crippen molar-refractivity contribution in [2.75, 3.05) is 25.7 Å². The van der Waals surface area contributed by atoms with E-state index in [4.69, 9.17) is 14.2 Å². The summed E-state index contributed by atoms with van der Waals surface area (Å²) in [5.41, 5.74) is 2.29. The van der Waals surface area contributed by atoms with Gasteiger partial charge in [-0.1, -0.05) is 0 Å². The fourth-order valence-corrected chi connectivity index (χ4v) is 2.66. The quantitative estimate of drug-likeness (QED) is 0.349. The number of anilines is 1. The van der Waals surface area contributed by atoms with Gasteiger partial charge >= 0.3 is 12.1 Å². The molecule has 0 spiro atoms. The van der Waals surface area contributed by atoms with Crippen LogP contribution >= 0.6 is 15.9 Å². The summed E-state index contributed by atoms with van der Waals surface area (Å²) in [7, 11) is 1.43. The van der Waals surface area contributed by atoms with Crippen LogP contribution in [0.5, 0.6) is 11.5 Å². The zero-order valence-electron chi connectivity index (χ0n) is 15.4. The average molecular weight is 476 g/mol. The van der Waals surface area contributed by atoms with Crippen LogP contribution < -0.4 is 14.9 Å². The number of hydrogen-bond acceptors (Lipinski definition) is 7. The summed E-state index contributed by atoms with van der Waals surface area (Å²) in [6.07, 6.45) is -2.32. The van der Waals surface area contributed by atoms with Crippen LogP contribution in [-0.2, 0) is 15.7 Å². The van der Waals surface area contributed by atoms with Gasteiger partial charge in [0.1, 0.15) is 5.82 Å². The minimum absolute atomic E-state index is 0.148. The molecule has 29 heavy (non-hydrogen) atoms. The first-order valence-corrected chi connectivity index (χ1v) is 9.02. The Balaban J connectivity index is 2.07. The maximum absolute atomic E-state index is 12.5. The zero-order valence-corrected chi connectivity index (χ0v) is 17.0. The molecule has 156 valence electrons. The number of pyridine rings is 1. The van der Waals surface area contributed by atoms with Crippen molar-refractivity contribution in [2.45, 2.75) is 13.1 Å². The lowest BCUT2D eigenvalue weighted by atomic mass is 10.2. The van der Waals surface area contributed by atoms with Gasteiger partial charge in [-0.2, -0.15) is 18.3 Å². The number of ether oxygens (including phenoxy) is 3. The standard InChI is InChI=1S/C18H17BrF3N3O4/c1-3-28-16(26)10-29-17-13(19)6-11(7-14(17)27-2)8-24-25-15-5-4-12(9-23-15)18(20,21)22/h4-9H,3,10H2,1-2H3,(H,23,25)/b24-8-. The second-order valence-electron chi connectivity index (χ2n) is 5.43. The highest BCUT2D eigenvalue weighted by Gasteiger charge is 2.30. The summed E-state index contributed by atoms with van der Waals surface area (Å²) < 4.78 is 53.6. The Morgan fingerprint density at radius 1 is 1.34 bits per heavy atom. The van der Waals surface area contributed by atoms with Crippen LogP contribution in [0.25, 0.3) is 0 Å². The number of alkyl halides is 3. The summed E-state index contributed by atoms with van der Waals surface area (Å²) in [5, 5.41) is 3.94. The third-order valence-corrected chi connectivity index (χ3v) is 3.96. The first-order chi connectivity index (χ1) is 13.7. The Kier molecular flexibility index (Phi) is 7.82. The van der Waals surface area contributed by atoms with Crippen LogP contribution in [0, 0.1) is 0 Å². The number of nitrogens with one attached hydrogen (secondary N) is 1. The molecule has 0 atom stereocenters. The first kappa shape index (κ1) is 22.5. The van der Waals surface area contributed by atoms with Crippen molar-refractivity contribution in [1.82, 2.24) is 4.98 Å². The van der Waals surface area contributed by atoms with E-state index in [0.29, 0.717) is 27.7 Å². The second kappa shape index (κ2) is 10.1. The number of methoxy groups -OCH3 is 1. The molecule has 0 fully saturated rings. The Morgan fingerprint density at radius 3 is 2.69 bits per heavy atom. The molecule has 1 N–H and O–H groups in total. The number of aromatic nitrogens is 1. The normalized spacial score (nSPS) is 11.4. The van der Waals surface area contributed by atoms with E-state index < -0.39 is 17.7 Å². The molecule has 0 unspecified atom stereocenters. The lowest BCUT2D eigenvalue weighted by molar-refractivity contribution is -0.145. The molecule has 2 aromatic rings. The number of rotatable bonds is 8. The number of esters is 1. The number of benzene rings is 1. The molecule has 2 rings (SSSR count). The van der Waals surface area contributed by atoms with Crippen molar-refractivity contribution in [2.24, 2.45) is 5.10 Å². The third kappa shape index (κ3) is 6.63. The second-order valence-corrected chi connectivity index (χ2v) is 6.28. The minimum atomic E-state index is -4.45. The van der Waals surface area contributed by atoms with Gasteiger partial charge in [-0.05, 0) is 52.7 Å². The minimum Gasteiger partial charge on any atom is -0.493 e. The molecule has 1 heterocycles. The molecule has 1 aromatic carbocycles. The van der Waals surface area contributed by atoms with Gasteiger partial charge in [0, 0.05) is 6.20 Å². The molecule has 0 radical (unpaired) electrons. The highest BCUT2D eigenvalue weighted by atomic mass is 79.9. The van der Waals surface area contributed by atoms with Gasteiger partial charge in [-0.15, -0.1) is 0 Å². The number of hydrazone groups is 1. The van der Waals surface area contributed by atoms with Crippen LogP contribution in [-0.4, -0.2) is 37.5 Å². The van der Waals surface area contributed by atoms with E-state index in [2.05, 4.69) is 31.4 Å². The maximum Gasteiger partial charge on any atom is 0.417 e. The van der Waals surface area contributed by atoms with E-state index in [-0.39, 0.29) is 19.0 Å². The van der Waals surface area contributed by atoms with Crippen molar-refractivity contribution < 1.29 is 32.2 Å². The smallest absolute Gasteiger partial charge is 0.417 e. The van der Waals surface area contributed by atoms with E-state index in [0.717, 1.165) is 6.07 Å². The number of carbonyl (C=O) groups excluding carboxylic acids is 1. The Morgan fingerprint density at radius 2 is 2.10 bits per heavy atom. The summed E-state index contributed by atoms with van der Waals surface area (Å²) in [6, 6.07) is 5.34. The van der Waals surface area contributed by atoms with Crippen molar-refractivity contribution in [3.8, 4) is 11.5 Å². The molecular weight excluding hydrogens is 459 g/mol. The molecule has 1 aromatic heterocycles. The number of nitrogens with zero attached hydrogens (tertiary/aromatic N) is 2. The third-order valence-electron chi connectivity index (χ3n) is 3.37. The predicted octanol–water partition coefficient (Wildman–Crippen LogP) is 4.26. The number of hydrogen-bond donors (Lipinski definition) is 1. The monoisotopic (exact) mass is 475 g/mol. The summed E-state index contributed by atoms with van der Waals surface area (Å²) in [5.74, 6) is 0.294. The summed E-state index contributed by atoms with van der Waals surface area (Å²) >= 11 is 3.33.